The molecule has 0 aromatic heterocycles. The van der Waals surface area contributed by atoms with Crippen LogP contribution in [0.3, 0.4) is 0 Å². The minimum Gasteiger partial charge on any atom is -0.490 e. The summed E-state index contributed by atoms with van der Waals surface area (Å²) < 4.78 is 56.4. The number of benzene rings is 2. The van der Waals surface area contributed by atoms with Gasteiger partial charge in [-0.3, -0.25) is 9.35 Å². The lowest BCUT2D eigenvalue weighted by molar-refractivity contribution is -0.139. The van der Waals surface area contributed by atoms with Crippen molar-refractivity contribution in [3.63, 3.8) is 0 Å². The summed E-state index contributed by atoms with van der Waals surface area (Å²) in [7, 11) is -4.29. The molecule has 10 heteroatoms. The predicted octanol–water partition coefficient (Wildman–Crippen LogP) is 3.85. The van der Waals surface area contributed by atoms with E-state index in [1.807, 2.05) is 4.90 Å². The zero-order valence-electron chi connectivity index (χ0n) is 17.1. The Labute approximate surface area is 190 Å². The quantitative estimate of drug-likeness (QED) is 0.601. The van der Waals surface area contributed by atoms with Gasteiger partial charge in [-0.25, -0.2) is 4.39 Å². The zero-order valence-corrected chi connectivity index (χ0v) is 18.7. The molecule has 2 heterocycles. The molecular weight excluding hydrogens is 461 g/mol. The number of rotatable bonds is 7. The highest BCUT2D eigenvalue weighted by molar-refractivity contribution is 7.85. The molecule has 2 aromatic carbocycles. The molecule has 2 aliphatic heterocycles. The van der Waals surface area contributed by atoms with E-state index in [0.717, 1.165) is 12.8 Å². The number of ether oxygens (including phenoxy) is 2. The summed E-state index contributed by atoms with van der Waals surface area (Å²) in [6, 6.07) is 10.3. The van der Waals surface area contributed by atoms with Crippen molar-refractivity contribution in [3.8, 4) is 11.5 Å². The van der Waals surface area contributed by atoms with Crippen molar-refractivity contribution in [1.29, 1.82) is 0 Å². The number of hydrogen-bond donors (Lipinski definition) is 1. The molecule has 1 N–H and O–H groups in total. The molecule has 172 valence electrons. The van der Waals surface area contributed by atoms with Gasteiger partial charge in [-0.2, -0.15) is 8.42 Å². The van der Waals surface area contributed by atoms with Crippen molar-refractivity contribution >= 4 is 27.6 Å². The number of piperidine rings is 1. The van der Waals surface area contributed by atoms with E-state index in [-0.39, 0.29) is 47.8 Å². The van der Waals surface area contributed by atoms with Crippen LogP contribution >= 0.6 is 11.6 Å². The number of carbonyl (C=O) groups excluding carboxylic acids is 1. The van der Waals surface area contributed by atoms with Crippen LogP contribution in [-0.4, -0.2) is 48.6 Å². The lowest BCUT2D eigenvalue weighted by Crippen LogP contribution is -2.50. The lowest BCUT2D eigenvalue weighted by Gasteiger charge is -2.38. The first-order valence-electron chi connectivity index (χ1n) is 10.3. The van der Waals surface area contributed by atoms with Crippen molar-refractivity contribution in [2.24, 2.45) is 0 Å². The fourth-order valence-corrected chi connectivity index (χ4v) is 5.36. The van der Waals surface area contributed by atoms with E-state index in [0.29, 0.717) is 23.6 Å². The molecule has 0 saturated carbocycles. The Morgan fingerprint density at radius 1 is 1.12 bits per heavy atom. The average Bonchev–Trinajstić information content (AvgIpc) is 2.98. The Balaban J connectivity index is 1.38. The van der Waals surface area contributed by atoms with Gasteiger partial charge in [-0.15, -0.1) is 0 Å². The molecule has 0 spiro atoms. The second-order valence-corrected chi connectivity index (χ2v) is 10.0. The van der Waals surface area contributed by atoms with Crippen molar-refractivity contribution in [2.45, 2.75) is 49.6 Å². The first-order chi connectivity index (χ1) is 15.2. The van der Waals surface area contributed by atoms with Gasteiger partial charge < -0.3 is 14.4 Å². The van der Waals surface area contributed by atoms with Gasteiger partial charge in [-0.1, -0.05) is 11.6 Å². The second kappa shape index (κ2) is 9.25. The van der Waals surface area contributed by atoms with Crippen LogP contribution in [0.25, 0.3) is 0 Å². The summed E-state index contributed by atoms with van der Waals surface area (Å²) in [6.07, 6.45) is 3.03. The molecule has 4 rings (SSSR count). The minimum absolute atomic E-state index is 0.0257. The highest BCUT2D eigenvalue weighted by Crippen LogP contribution is 2.37. The van der Waals surface area contributed by atoms with Gasteiger partial charge in [0, 0.05) is 35.5 Å². The number of amides is 1. The lowest BCUT2D eigenvalue weighted by atomic mass is 9.99. The Morgan fingerprint density at radius 2 is 1.78 bits per heavy atom. The fourth-order valence-electron chi connectivity index (χ4n) is 4.55. The first-order valence-corrected chi connectivity index (χ1v) is 12.3. The van der Waals surface area contributed by atoms with Crippen LogP contribution in [-0.2, 0) is 20.7 Å². The third kappa shape index (κ3) is 5.51. The van der Waals surface area contributed by atoms with Gasteiger partial charge in [-0.05, 0) is 55.3 Å². The summed E-state index contributed by atoms with van der Waals surface area (Å²) >= 11 is 5.92. The van der Waals surface area contributed by atoms with E-state index in [2.05, 4.69) is 0 Å². The number of carbonyl (C=O) groups is 1. The van der Waals surface area contributed by atoms with E-state index in [4.69, 9.17) is 25.6 Å². The fraction of sp³-hybridized carbons (Fsp3) is 0.409. The van der Waals surface area contributed by atoms with E-state index in [1.165, 1.54) is 30.3 Å². The van der Waals surface area contributed by atoms with Crippen LogP contribution in [0.1, 0.15) is 31.2 Å². The summed E-state index contributed by atoms with van der Waals surface area (Å²) in [5, 5.41) is 0.295. The molecule has 2 atom stereocenters. The monoisotopic (exact) mass is 483 g/mol. The van der Waals surface area contributed by atoms with Crippen molar-refractivity contribution in [2.75, 3.05) is 6.61 Å². The van der Waals surface area contributed by atoms with Crippen LogP contribution in [0.5, 0.6) is 11.5 Å². The maximum atomic E-state index is 13.1. The van der Waals surface area contributed by atoms with E-state index >= 15 is 0 Å². The van der Waals surface area contributed by atoms with Crippen molar-refractivity contribution in [3.05, 3.63) is 58.9 Å². The van der Waals surface area contributed by atoms with Crippen molar-refractivity contribution in [1.82, 2.24) is 4.90 Å². The SMILES string of the molecule is O=C(COc1ccc(Cl)cc1CS(=O)(=O)O)N1C2CCC1CC(Oc1ccc(F)cc1)C2. The van der Waals surface area contributed by atoms with Crippen molar-refractivity contribution < 1.29 is 31.6 Å². The average molecular weight is 484 g/mol. The topological polar surface area (TPSA) is 93.1 Å². The number of halogens is 2. The first kappa shape index (κ1) is 22.8. The molecule has 7 nitrogen and oxygen atoms in total. The molecule has 2 aliphatic rings. The van der Waals surface area contributed by atoms with Gasteiger partial charge in [0.05, 0.1) is 0 Å². The van der Waals surface area contributed by atoms with Crippen LogP contribution in [0.15, 0.2) is 42.5 Å². The highest BCUT2D eigenvalue weighted by atomic mass is 35.5. The minimum atomic E-state index is -4.29. The van der Waals surface area contributed by atoms with Gasteiger partial charge in [0.15, 0.2) is 6.61 Å². The number of fused-ring (bicyclic) bond motifs is 2. The molecule has 1 amide bonds. The standard InChI is InChI=1S/C22H23ClFNO6S/c23-15-1-8-21(14(9-15)13-32(27,28)29)30-12-22(26)25-17-4-5-18(25)11-20(10-17)31-19-6-2-16(24)3-7-19/h1-3,6-9,17-18,20H,4-5,10-13H2,(H,27,28,29). The van der Waals surface area contributed by atoms with Gasteiger partial charge >= 0.3 is 0 Å². The van der Waals surface area contributed by atoms with E-state index in [1.54, 1.807) is 12.1 Å². The maximum Gasteiger partial charge on any atom is 0.269 e. The molecule has 2 fully saturated rings. The summed E-state index contributed by atoms with van der Waals surface area (Å²) in [6.45, 7) is -0.253. The predicted molar refractivity (Wildman–Crippen MR) is 116 cm³/mol. The molecule has 32 heavy (non-hydrogen) atoms. The molecule has 0 radical (unpaired) electrons. The number of nitrogens with zero attached hydrogens (tertiary/aromatic N) is 1. The normalized spacial score (nSPS) is 22.6. The van der Waals surface area contributed by atoms with Gasteiger partial charge in [0.2, 0.25) is 0 Å². The summed E-state index contributed by atoms with van der Waals surface area (Å²) in [4.78, 5) is 14.8. The van der Waals surface area contributed by atoms with E-state index in [9.17, 15) is 17.6 Å². The Kier molecular flexibility index (Phi) is 6.60. The number of hydrogen-bond acceptors (Lipinski definition) is 5. The van der Waals surface area contributed by atoms with E-state index < -0.39 is 15.9 Å². The highest BCUT2D eigenvalue weighted by Gasteiger charge is 2.44. The largest absolute Gasteiger partial charge is 0.490 e. The Hall–Kier alpha value is -2.36. The van der Waals surface area contributed by atoms with Gasteiger partial charge in [0.25, 0.3) is 16.0 Å². The van der Waals surface area contributed by atoms with Crippen LogP contribution in [0, 0.1) is 5.82 Å². The third-order valence-corrected chi connectivity index (χ3v) is 6.72. The molecular formula is C22H23ClFNO6S. The maximum absolute atomic E-state index is 13.1. The zero-order chi connectivity index (χ0) is 22.9. The Bertz CT molecular complexity index is 1080. The summed E-state index contributed by atoms with van der Waals surface area (Å²) in [5.74, 6) is -0.381. The molecule has 2 bridgehead atoms. The van der Waals surface area contributed by atoms with Crippen LogP contribution in [0.2, 0.25) is 5.02 Å². The smallest absolute Gasteiger partial charge is 0.269 e. The second-order valence-electron chi connectivity index (χ2n) is 8.12. The van der Waals surface area contributed by atoms with Gasteiger partial charge in [0.1, 0.15) is 29.2 Å². The third-order valence-electron chi connectivity index (χ3n) is 5.81. The molecule has 2 aromatic rings. The summed E-state index contributed by atoms with van der Waals surface area (Å²) in [5.41, 5.74) is 0.183. The molecule has 2 unspecified atom stereocenters. The Morgan fingerprint density at radius 3 is 2.41 bits per heavy atom. The molecule has 0 aliphatic carbocycles. The van der Waals surface area contributed by atoms with Crippen LogP contribution in [0.4, 0.5) is 4.39 Å². The van der Waals surface area contributed by atoms with Crippen LogP contribution < -0.4 is 9.47 Å². The molecule has 2 saturated heterocycles.